The van der Waals surface area contributed by atoms with Crippen LogP contribution in [0.4, 0.5) is 0 Å². The second-order valence-electron chi connectivity index (χ2n) is 6.45. The summed E-state index contributed by atoms with van der Waals surface area (Å²) in [5.74, 6) is 1.67. The van der Waals surface area contributed by atoms with Crippen LogP contribution in [0, 0.1) is 0 Å². The maximum absolute atomic E-state index is 5.93. The third kappa shape index (κ3) is 4.83. The van der Waals surface area contributed by atoms with Gasteiger partial charge in [-0.05, 0) is 56.6 Å². The molecule has 2 N–H and O–H groups in total. The highest BCUT2D eigenvalue weighted by atomic mass is 16.5. The standard InChI is InChI=1S/C18H29N3O2/c1-22-18-12-15(13-20-16-6-7-19-14-16)4-5-17(18)23-11-10-21-8-2-3-9-21/h4-5,12,16,19-20H,2-3,6-11,13-14H2,1H3. The summed E-state index contributed by atoms with van der Waals surface area (Å²) in [6, 6.07) is 6.83. The van der Waals surface area contributed by atoms with Gasteiger partial charge >= 0.3 is 0 Å². The number of hydrogen-bond donors (Lipinski definition) is 2. The Labute approximate surface area is 139 Å². The van der Waals surface area contributed by atoms with E-state index in [1.165, 1.54) is 37.9 Å². The lowest BCUT2D eigenvalue weighted by atomic mass is 10.1. The molecule has 128 valence electrons. The Morgan fingerprint density at radius 2 is 2.13 bits per heavy atom. The van der Waals surface area contributed by atoms with Crippen molar-refractivity contribution >= 4 is 0 Å². The molecule has 1 unspecified atom stereocenters. The molecule has 0 amide bonds. The van der Waals surface area contributed by atoms with Crippen LogP contribution in [0.1, 0.15) is 24.8 Å². The van der Waals surface area contributed by atoms with Gasteiger partial charge < -0.3 is 20.1 Å². The molecule has 2 aliphatic heterocycles. The maximum atomic E-state index is 5.93. The number of rotatable bonds is 8. The fraction of sp³-hybridized carbons (Fsp3) is 0.667. The first-order chi connectivity index (χ1) is 11.3. The summed E-state index contributed by atoms with van der Waals surface area (Å²) in [5, 5.41) is 6.96. The monoisotopic (exact) mass is 319 g/mol. The Kier molecular flexibility index (Phi) is 6.13. The summed E-state index contributed by atoms with van der Waals surface area (Å²) in [4.78, 5) is 2.46. The molecule has 0 saturated carbocycles. The van der Waals surface area contributed by atoms with E-state index < -0.39 is 0 Å². The molecule has 3 rings (SSSR count). The van der Waals surface area contributed by atoms with Gasteiger partial charge in [-0.25, -0.2) is 0 Å². The predicted octanol–water partition coefficient (Wildman–Crippen LogP) is 1.62. The van der Waals surface area contributed by atoms with E-state index in [0.29, 0.717) is 6.04 Å². The first-order valence-corrected chi connectivity index (χ1v) is 8.81. The molecule has 2 heterocycles. The van der Waals surface area contributed by atoms with Gasteiger partial charge in [-0.1, -0.05) is 6.07 Å². The van der Waals surface area contributed by atoms with Crippen molar-refractivity contribution in [1.82, 2.24) is 15.5 Å². The third-order valence-corrected chi connectivity index (χ3v) is 4.75. The van der Waals surface area contributed by atoms with Crippen molar-refractivity contribution in [1.29, 1.82) is 0 Å². The second kappa shape index (κ2) is 8.52. The van der Waals surface area contributed by atoms with Crippen LogP contribution in [0.3, 0.4) is 0 Å². The Balaban J connectivity index is 1.49. The number of nitrogens with one attached hydrogen (secondary N) is 2. The molecular formula is C18H29N3O2. The largest absolute Gasteiger partial charge is 0.493 e. The summed E-state index contributed by atoms with van der Waals surface area (Å²) in [5.41, 5.74) is 1.24. The highest BCUT2D eigenvalue weighted by Gasteiger charge is 2.14. The molecule has 1 aromatic rings. The second-order valence-corrected chi connectivity index (χ2v) is 6.45. The van der Waals surface area contributed by atoms with Gasteiger partial charge in [0.25, 0.3) is 0 Å². The Morgan fingerprint density at radius 1 is 1.26 bits per heavy atom. The lowest BCUT2D eigenvalue weighted by Gasteiger charge is -2.17. The molecule has 2 saturated heterocycles. The van der Waals surface area contributed by atoms with Gasteiger partial charge in [0.1, 0.15) is 6.61 Å². The van der Waals surface area contributed by atoms with Crippen LogP contribution in [0.5, 0.6) is 11.5 Å². The lowest BCUT2D eigenvalue weighted by molar-refractivity contribution is 0.230. The van der Waals surface area contributed by atoms with Crippen LogP contribution in [-0.4, -0.2) is 57.4 Å². The van der Waals surface area contributed by atoms with Gasteiger partial charge in [0.05, 0.1) is 7.11 Å². The Morgan fingerprint density at radius 3 is 2.87 bits per heavy atom. The molecule has 2 aliphatic rings. The average molecular weight is 319 g/mol. The van der Waals surface area contributed by atoms with Gasteiger partial charge in [0, 0.05) is 25.7 Å². The number of nitrogens with zero attached hydrogens (tertiary/aromatic N) is 1. The molecule has 23 heavy (non-hydrogen) atoms. The number of ether oxygens (including phenoxy) is 2. The molecule has 0 aromatic heterocycles. The molecule has 5 nitrogen and oxygen atoms in total. The van der Waals surface area contributed by atoms with Crippen molar-refractivity contribution in [2.24, 2.45) is 0 Å². The zero-order valence-electron chi connectivity index (χ0n) is 14.1. The summed E-state index contributed by atoms with van der Waals surface area (Å²) >= 11 is 0. The van der Waals surface area contributed by atoms with E-state index in [4.69, 9.17) is 9.47 Å². The minimum Gasteiger partial charge on any atom is -0.493 e. The van der Waals surface area contributed by atoms with Gasteiger partial charge in [0.2, 0.25) is 0 Å². The predicted molar refractivity (Wildman–Crippen MR) is 92.3 cm³/mol. The summed E-state index contributed by atoms with van der Waals surface area (Å²) in [7, 11) is 1.71. The quantitative estimate of drug-likeness (QED) is 0.762. The Bertz CT molecular complexity index is 483. The van der Waals surface area contributed by atoms with Crippen LogP contribution >= 0.6 is 0 Å². The summed E-state index contributed by atoms with van der Waals surface area (Å²) in [6.07, 6.45) is 3.85. The van der Waals surface area contributed by atoms with Gasteiger partial charge in [-0.2, -0.15) is 0 Å². The molecule has 0 spiro atoms. The number of benzene rings is 1. The van der Waals surface area contributed by atoms with Crippen LogP contribution < -0.4 is 20.1 Å². The molecule has 0 aliphatic carbocycles. The van der Waals surface area contributed by atoms with Crippen LogP contribution in [0.15, 0.2) is 18.2 Å². The zero-order valence-corrected chi connectivity index (χ0v) is 14.1. The molecule has 1 aromatic carbocycles. The molecule has 5 heteroatoms. The average Bonchev–Trinajstić information content (AvgIpc) is 3.27. The fourth-order valence-electron chi connectivity index (χ4n) is 3.32. The number of methoxy groups -OCH3 is 1. The minimum atomic E-state index is 0.581. The van der Waals surface area contributed by atoms with Crippen molar-refractivity contribution in [3.8, 4) is 11.5 Å². The number of likely N-dealkylation sites (tertiary alicyclic amines) is 1. The van der Waals surface area contributed by atoms with Crippen molar-refractivity contribution < 1.29 is 9.47 Å². The smallest absolute Gasteiger partial charge is 0.161 e. The summed E-state index contributed by atoms with van der Waals surface area (Å²) in [6.45, 7) is 7.20. The van der Waals surface area contributed by atoms with Gasteiger partial charge in [0.15, 0.2) is 11.5 Å². The highest BCUT2D eigenvalue weighted by Crippen LogP contribution is 2.28. The van der Waals surface area contributed by atoms with E-state index in [0.717, 1.165) is 44.3 Å². The first kappa shape index (κ1) is 16.6. The SMILES string of the molecule is COc1cc(CNC2CCNC2)ccc1OCCN1CCCC1. The van der Waals surface area contributed by atoms with E-state index in [1.807, 2.05) is 6.07 Å². The van der Waals surface area contributed by atoms with Crippen molar-refractivity contribution in [2.75, 3.05) is 46.4 Å². The van der Waals surface area contributed by atoms with E-state index in [1.54, 1.807) is 7.11 Å². The molecule has 1 atom stereocenters. The number of hydrogen-bond acceptors (Lipinski definition) is 5. The molecule has 2 fully saturated rings. The molecule has 0 bridgehead atoms. The normalized spacial score (nSPS) is 21.7. The van der Waals surface area contributed by atoms with Gasteiger partial charge in [-0.15, -0.1) is 0 Å². The highest BCUT2D eigenvalue weighted by molar-refractivity contribution is 5.43. The summed E-state index contributed by atoms with van der Waals surface area (Å²) < 4.78 is 11.4. The topological polar surface area (TPSA) is 45.8 Å². The fourth-order valence-corrected chi connectivity index (χ4v) is 3.32. The van der Waals surface area contributed by atoms with Crippen molar-refractivity contribution in [3.63, 3.8) is 0 Å². The van der Waals surface area contributed by atoms with Crippen molar-refractivity contribution in [3.05, 3.63) is 23.8 Å². The molecular weight excluding hydrogens is 290 g/mol. The third-order valence-electron chi connectivity index (χ3n) is 4.75. The Hall–Kier alpha value is -1.30. The minimum absolute atomic E-state index is 0.581. The molecule has 0 radical (unpaired) electrons. The van der Waals surface area contributed by atoms with Crippen LogP contribution in [0.25, 0.3) is 0 Å². The zero-order chi connectivity index (χ0) is 15.9. The van der Waals surface area contributed by atoms with E-state index in [2.05, 4.69) is 27.7 Å². The van der Waals surface area contributed by atoms with Crippen LogP contribution in [0.2, 0.25) is 0 Å². The lowest BCUT2D eigenvalue weighted by Crippen LogP contribution is -2.30. The maximum Gasteiger partial charge on any atom is 0.161 e. The first-order valence-electron chi connectivity index (χ1n) is 8.81. The van der Waals surface area contributed by atoms with Crippen molar-refractivity contribution in [2.45, 2.75) is 31.8 Å². The van der Waals surface area contributed by atoms with Crippen LogP contribution in [-0.2, 0) is 6.54 Å². The van der Waals surface area contributed by atoms with Gasteiger partial charge in [-0.3, -0.25) is 4.90 Å². The van der Waals surface area contributed by atoms with E-state index in [-0.39, 0.29) is 0 Å². The van der Waals surface area contributed by atoms with E-state index >= 15 is 0 Å². The van der Waals surface area contributed by atoms with E-state index in [9.17, 15) is 0 Å².